The molecule has 0 radical (unpaired) electrons. The Morgan fingerprint density at radius 1 is 1.06 bits per heavy atom. The fraction of sp³-hybridized carbons (Fsp3) is 0.292. The molecule has 0 atom stereocenters. The van der Waals surface area contributed by atoms with Crippen LogP contribution < -0.4 is 10.1 Å². The maximum Gasteiger partial charge on any atom is 0.387 e. The van der Waals surface area contributed by atoms with Crippen molar-refractivity contribution in [2.45, 2.75) is 47.7 Å². The highest BCUT2D eigenvalue weighted by molar-refractivity contribution is 7.16. The Bertz CT molecular complexity index is 1360. The molecule has 0 saturated heterocycles. The molecule has 1 aromatic carbocycles. The molecular weight excluding hydrogens is 474 g/mol. The number of rotatable bonds is 7. The lowest BCUT2D eigenvalue weighted by Gasteiger charge is -2.06. The summed E-state index contributed by atoms with van der Waals surface area (Å²) in [5.41, 5.74) is 5.40. The second kappa shape index (κ2) is 9.87. The standard InChI is InChI=1S/C24H24F2N6O2S/c1-12-10-13(2)28-23(27-12)32-15(4)19(14(3)31-32)11-20(33)29-24-30-21(16(5)35-24)17-6-8-18(9-7-17)34-22(25)26/h6-10,22H,11H2,1-5H3,(H,29,30,33). The number of anilines is 1. The maximum absolute atomic E-state index is 12.8. The number of amides is 1. The van der Waals surface area contributed by atoms with Crippen molar-refractivity contribution < 1.29 is 18.3 Å². The number of aromatic nitrogens is 5. The van der Waals surface area contributed by atoms with Crippen molar-refractivity contribution in [2.75, 3.05) is 5.32 Å². The van der Waals surface area contributed by atoms with E-state index in [-0.39, 0.29) is 18.1 Å². The lowest BCUT2D eigenvalue weighted by molar-refractivity contribution is -0.115. The van der Waals surface area contributed by atoms with Gasteiger partial charge in [-0.1, -0.05) is 0 Å². The summed E-state index contributed by atoms with van der Waals surface area (Å²) >= 11 is 1.34. The van der Waals surface area contributed by atoms with Gasteiger partial charge in [0.1, 0.15) is 5.75 Å². The molecule has 3 heterocycles. The molecule has 1 N–H and O–H groups in total. The summed E-state index contributed by atoms with van der Waals surface area (Å²) in [6, 6.07) is 8.12. The third kappa shape index (κ3) is 5.51. The SMILES string of the molecule is Cc1cc(C)nc(-n2nc(C)c(CC(=O)Nc3nc(-c4ccc(OC(F)F)cc4)c(C)s3)c2C)n1. The molecule has 3 aromatic heterocycles. The minimum atomic E-state index is -2.88. The molecule has 0 aliphatic heterocycles. The monoisotopic (exact) mass is 498 g/mol. The first-order valence-electron chi connectivity index (χ1n) is 10.8. The van der Waals surface area contributed by atoms with Gasteiger partial charge in [0.15, 0.2) is 5.13 Å². The Labute approximate surface area is 205 Å². The van der Waals surface area contributed by atoms with Crippen LogP contribution in [0.4, 0.5) is 13.9 Å². The fourth-order valence-electron chi connectivity index (χ4n) is 3.76. The van der Waals surface area contributed by atoms with Crippen molar-refractivity contribution in [3.05, 3.63) is 63.5 Å². The third-order valence-electron chi connectivity index (χ3n) is 5.33. The number of thiazole rings is 1. The number of carbonyl (C=O) groups excluding carboxylic acids is 1. The Balaban J connectivity index is 1.49. The number of hydrogen-bond donors (Lipinski definition) is 1. The number of halogens is 2. The molecule has 0 aliphatic carbocycles. The Hall–Kier alpha value is -3.73. The number of carbonyl (C=O) groups is 1. The van der Waals surface area contributed by atoms with Crippen LogP contribution in [0.1, 0.15) is 33.2 Å². The second-order valence-corrected chi connectivity index (χ2v) is 9.27. The number of ether oxygens (including phenoxy) is 1. The summed E-state index contributed by atoms with van der Waals surface area (Å²) in [4.78, 5) is 27.2. The van der Waals surface area contributed by atoms with Gasteiger partial charge in [0.05, 0.1) is 17.8 Å². The summed E-state index contributed by atoms with van der Waals surface area (Å²) in [5.74, 6) is 0.320. The number of hydrogen-bond acceptors (Lipinski definition) is 7. The van der Waals surface area contributed by atoms with E-state index in [0.29, 0.717) is 16.8 Å². The average molecular weight is 499 g/mol. The van der Waals surface area contributed by atoms with Gasteiger partial charge in [-0.2, -0.15) is 13.9 Å². The Morgan fingerprint density at radius 3 is 2.34 bits per heavy atom. The van der Waals surface area contributed by atoms with Crippen molar-refractivity contribution >= 4 is 22.4 Å². The lowest BCUT2D eigenvalue weighted by Crippen LogP contribution is -2.15. The highest BCUT2D eigenvalue weighted by atomic mass is 32.1. The van der Waals surface area contributed by atoms with E-state index < -0.39 is 6.61 Å². The van der Waals surface area contributed by atoms with Crippen LogP contribution in [0.25, 0.3) is 17.2 Å². The van der Waals surface area contributed by atoms with Gasteiger partial charge in [-0.3, -0.25) is 4.79 Å². The quantitative estimate of drug-likeness (QED) is 0.381. The molecule has 182 valence electrons. The first-order valence-corrected chi connectivity index (χ1v) is 11.6. The van der Waals surface area contributed by atoms with Gasteiger partial charge < -0.3 is 10.1 Å². The van der Waals surface area contributed by atoms with E-state index in [0.717, 1.165) is 38.8 Å². The number of aryl methyl sites for hydroxylation is 4. The molecule has 11 heteroatoms. The molecule has 8 nitrogen and oxygen atoms in total. The van der Waals surface area contributed by atoms with E-state index in [9.17, 15) is 13.6 Å². The van der Waals surface area contributed by atoms with Gasteiger partial charge in [-0.05, 0) is 65.0 Å². The summed E-state index contributed by atoms with van der Waals surface area (Å²) in [7, 11) is 0. The third-order valence-corrected chi connectivity index (χ3v) is 6.22. The molecule has 1 amide bonds. The fourth-order valence-corrected chi connectivity index (χ4v) is 4.62. The normalized spacial score (nSPS) is 11.2. The van der Waals surface area contributed by atoms with Crippen LogP contribution in [-0.4, -0.2) is 37.3 Å². The van der Waals surface area contributed by atoms with E-state index in [1.54, 1.807) is 16.8 Å². The molecule has 35 heavy (non-hydrogen) atoms. The van der Waals surface area contributed by atoms with Crippen molar-refractivity contribution in [3.63, 3.8) is 0 Å². The summed E-state index contributed by atoms with van der Waals surface area (Å²) in [5, 5.41) is 7.86. The van der Waals surface area contributed by atoms with Crippen LogP contribution in [0, 0.1) is 34.6 Å². The van der Waals surface area contributed by atoms with Crippen molar-refractivity contribution in [1.82, 2.24) is 24.7 Å². The minimum Gasteiger partial charge on any atom is -0.435 e. The highest BCUT2D eigenvalue weighted by Gasteiger charge is 2.19. The molecule has 0 spiro atoms. The number of nitrogens with zero attached hydrogens (tertiary/aromatic N) is 5. The molecule has 0 bridgehead atoms. The summed E-state index contributed by atoms with van der Waals surface area (Å²) in [6.45, 7) is 6.53. The van der Waals surface area contributed by atoms with Crippen LogP contribution >= 0.6 is 11.3 Å². The van der Waals surface area contributed by atoms with Gasteiger partial charge in [-0.15, -0.1) is 11.3 Å². The number of nitrogens with one attached hydrogen (secondary N) is 1. The van der Waals surface area contributed by atoms with Gasteiger partial charge >= 0.3 is 6.61 Å². The average Bonchev–Trinajstić information content (AvgIpc) is 3.27. The predicted molar refractivity (Wildman–Crippen MR) is 129 cm³/mol. The van der Waals surface area contributed by atoms with Crippen molar-refractivity contribution in [3.8, 4) is 23.0 Å². The maximum atomic E-state index is 12.8. The van der Waals surface area contributed by atoms with Gasteiger partial charge in [0, 0.05) is 33.1 Å². The smallest absolute Gasteiger partial charge is 0.387 e. The van der Waals surface area contributed by atoms with E-state index in [2.05, 4.69) is 30.1 Å². The molecule has 4 aromatic rings. The van der Waals surface area contributed by atoms with Gasteiger partial charge in [-0.25, -0.2) is 19.6 Å². The van der Waals surface area contributed by atoms with Crippen molar-refractivity contribution in [1.29, 1.82) is 0 Å². The molecule has 0 aliphatic rings. The molecule has 0 unspecified atom stereocenters. The van der Waals surface area contributed by atoms with E-state index >= 15 is 0 Å². The van der Waals surface area contributed by atoms with Crippen LogP contribution in [0.5, 0.6) is 5.75 Å². The van der Waals surface area contributed by atoms with Crippen LogP contribution in [0.15, 0.2) is 30.3 Å². The number of benzene rings is 1. The van der Waals surface area contributed by atoms with Gasteiger partial charge in [0.2, 0.25) is 5.91 Å². The van der Waals surface area contributed by atoms with E-state index in [1.165, 1.54) is 23.5 Å². The highest BCUT2D eigenvalue weighted by Crippen LogP contribution is 2.31. The van der Waals surface area contributed by atoms with Crippen molar-refractivity contribution in [2.24, 2.45) is 0 Å². The zero-order valence-electron chi connectivity index (χ0n) is 19.9. The number of alkyl halides is 2. The molecule has 0 saturated carbocycles. The summed E-state index contributed by atoms with van der Waals surface area (Å²) in [6.07, 6.45) is 0.121. The first-order chi connectivity index (χ1) is 16.6. The second-order valence-electron chi connectivity index (χ2n) is 8.06. The lowest BCUT2D eigenvalue weighted by atomic mass is 10.1. The Morgan fingerprint density at radius 2 is 1.71 bits per heavy atom. The van der Waals surface area contributed by atoms with E-state index in [4.69, 9.17) is 0 Å². The molecule has 0 fully saturated rings. The predicted octanol–water partition coefficient (Wildman–Crippen LogP) is 5.11. The minimum absolute atomic E-state index is 0.0719. The zero-order valence-corrected chi connectivity index (χ0v) is 20.7. The summed E-state index contributed by atoms with van der Waals surface area (Å²) < 4.78 is 30.8. The van der Waals surface area contributed by atoms with Crippen LogP contribution in [-0.2, 0) is 11.2 Å². The van der Waals surface area contributed by atoms with E-state index in [1.807, 2.05) is 40.7 Å². The van der Waals surface area contributed by atoms with Crippen LogP contribution in [0.2, 0.25) is 0 Å². The molecule has 4 rings (SSSR count). The largest absolute Gasteiger partial charge is 0.435 e. The Kier molecular flexibility index (Phi) is 6.88. The first kappa shape index (κ1) is 24.4. The molecular formula is C24H24F2N6O2S. The zero-order chi connectivity index (χ0) is 25.3. The van der Waals surface area contributed by atoms with Crippen LogP contribution in [0.3, 0.4) is 0 Å². The van der Waals surface area contributed by atoms with Gasteiger partial charge in [0.25, 0.3) is 5.95 Å². The topological polar surface area (TPSA) is 94.8 Å².